The molecule has 0 bridgehead atoms. The first-order valence-corrected chi connectivity index (χ1v) is 18.3. The fourth-order valence-electron chi connectivity index (χ4n) is 9.54. The van der Waals surface area contributed by atoms with Gasteiger partial charge in [0.2, 0.25) is 0 Å². The Kier molecular flexibility index (Phi) is 8.05. The van der Waals surface area contributed by atoms with Crippen molar-refractivity contribution in [1.82, 2.24) is 0 Å². The van der Waals surface area contributed by atoms with Crippen LogP contribution in [0, 0.1) is 0 Å². The summed E-state index contributed by atoms with van der Waals surface area (Å²) in [4.78, 5) is 52.9. The summed E-state index contributed by atoms with van der Waals surface area (Å²) in [5, 5.41) is 19.1. The van der Waals surface area contributed by atoms with Crippen molar-refractivity contribution in [2.24, 2.45) is 0 Å². The van der Waals surface area contributed by atoms with Crippen LogP contribution in [0.4, 0.5) is 11.4 Å². The molecule has 0 amide bonds. The van der Waals surface area contributed by atoms with E-state index in [4.69, 9.17) is 0 Å². The van der Waals surface area contributed by atoms with Crippen molar-refractivity contribution < 1.29 is 29.4 Å². The largest absolute Gasteiger partial charge is 0.478 e. The lowest BCUT2D eigenvalue weighted by molar-refractivity contribution is 0.0651. The molecule has 1 aliphatic heterocycles. The second-order valence-electron chi connectivity index (χ2n) is 14.6. The Hall–Kier alpha value is -5.30. The van der Waals surface area contributed by atoms with E-state index in [1.807, 2.05) is 6.07 Å². The minimum atomic E-state index is -1.47. The van der Waals surface area contributed by atoms with Gasteiger partial charge in [0.05, 0.1) is 16.7 Å². The van der Waals surface area contributed by atoms with Crippen LogP contribution in [0.15, 0.2) is 78.4 Å². The molecule has 2 atom stereocenters. The fourth-order valence-corrected chi connectivity index (χ4v) is 9.54. The van der Waals surface area contributed by atoms with Crippen molar-refractivity contribution in [3.8, 4) is 11.1 Å². The molecule has 7 nitrogen and oxygen atoms in total. The molecule has 8 rings (SSSR count). The highest BCUT2D eigenvalue weighted by Crippen LogP contribution is 2.57. The number of carbonyl (C=O) groups excluding carboxylic acids is 2. The van der Waals surface area contributed by atoms with Crippen LogP contribution in [0.2, 0.25) is 0 Å². The van der Waals surface area contributed by atoms with Crippen molar-refractivity contribution >= 4 is 41.0 Å². The highest BCUT2D eigenvalue weighted by molar-refractivity contribution is 6.41. The van der Waals surface area contributed by atoms with Gasteiger partial charge in [-0.1, -0.05) is 82.3 Å². The third-order valence-electron chi connectivity index (χ3n) is 11.9. The molecule has 7 heteroatoms. The number of nitrogens with zero attached hydrogens (tertiary/aromatic N) is 1. The van der Waals surface area contributed by atoms with E-state index in [-0.39, 0.29) is 22.1 Å². The van der Waals surface area contributed by atoms with Gasteiger partial charge in [-0.15, -0.1) is 0 Å². The molecule has 258 valence electrons. The molecule has 4 aromatic carbocycles. The van der Waals surface area contributed by atoms with Gasteiger partial charge in [-0.25, -0.2) is 9.59 Å². The van der Waals surface area contributed by atoms with E-state index in [2.05, 4.69) is 73.3 Å². The summed E-state index contributed by atoms with van der Waals surface area (Å²) in [6.45, 7) is 4.55. The molecule has 1 saturated carbocycles. The van der Waals surface area contributed by atoms with Gasteiger partial charge in [-0.05, 0) is 102 Å². The van der Waals surface area contributed by atoms with Crippen molar-refractivity contribution in [3.63, 3.8) is 0 Å². The second kappa shape index (κ2) is 12.5. The molecule has 2 N–H and O–H groups in total. The number of aromatic carboxylic acids is 2. The number of carboxylic acids is 2. The number of anilines is 2. The van der Waals surface area contributed by atoms with E-state index in [0.29, 0.717) is 17.5 Å². The number of unbranched alkanes of at least 4 members (excludes halogenated alkanes) is 2. The number of fused-ring (bicyclic) bond motifs is 7. The van der Waals surface area contributed by atoms with Crippen LogP contribution in [-0.2, 0) is 5.41 Å². The third-order valence-corrected chi connectivity index (χ3v) is 11.9. The van der Waals surface area contributed by atoms with Crippen molar-refractivity contribution in [3.05, 3.63) is 123 Å². The van der Waals surface area contributed by atoms with E-state index in [1.165, 1.54) is 59.2 Å². The number of ketones is 2. The number of carboxylic acid groups (broad SMARTS) is 2. The predicted molar refractivity (Wildman–Crippen MR) is 198 cm³/mol. The molecule has 1 fully saturated rings. The molecule has 1 heterocycles. The van der Waals surface area contributed by atoms with Crippen LogP contribution in [0.25, 0.3) is 17.2 Å². The predicted octanol–water partition coefficient (Wildman–Crippen LogP) is 9.98. The lowest BCUT2D eigenvalue weighted by atomic mass is 9.71. The zero-order chi connectivity index (χ0) is 35.6. The number of benzene rings is 4. The summed E-state index contributed by atoms with van der Waals surface area (Å²) in [7, 11) is 0. The number of allylic oxidation sites excluding steroid dienone is 1. The van der Waals surface area contributed by atoms with Crippen LogP contribution < -0.4 is 4.90 Å². The van der Waals surface area contributed by atoms with Gasteiger partial charge in [0.1, 0.15) is 0 Å². The SMILES string of the molecule is CCCCC1(CCCC)c2ccccc2-c2cc(N3c4ccc(C=C5C(=O)c6cc(C(=O)O)c(C(=O)O)cc6C5=O)cc4C4CCCC43)ccc21. The lowest BCUT2D eigenvalue weighted by Gasteiger charge is -2.33. The smallest absolute Gasteiger partial charge is 0.336 e. The Morgan fingerprint density at radius 3 is 2.06 bits per heavy atom. The Labute approximate surface area is 297 Å². The molecule has 4 aromatic rings. The van der Waals surface area contributed by atoms with E-state index >= 15 is 0 Å². The van der Waals surface area contributed by atoms with Gasteiger partial charge in [0.25, 0.3) is 0 Å². The van der Waals surface area contributed by atoms with Crippen LogP contribution in [0.1, 0.15) is 141 Å². The molecule has 0 aromatic heterocycles. The van der Waals surface area contributed by atoms with E-state index < -0.39 is 34.6 Å². The van der Waals surface area contributed by atoms with E-state index in [9.17, 15) is 29.4 Å². The second-order valence-corrected chi connectivity index (χ2v) is 14.6. The molecule has 3 aliphatic carbocycles. The number of hydrogen-bond acceptors (Lipinski definition) is 5. The van der Waals surface area contributed by atoms with Gasteiger partial charge < -0.3 is 15.1 Å². The number of Topliss-reactive ketones (excluding diaryl/α,β-unsaturated/α-hetero) is 2. The van der Waals surface area contributed by atoms with Gasteiger partial charge in [-0.3, -0.25) is 9.59 Å². The highest BCUT2D eigenvalue weighted by atomic mass is 16.4. The summed E-state index contributed by atoms with van der Waals surface area (Å²) in [6, 6.07) is 24.6. The Bertz CT molecular complexity index is 2130. The van der Waals surface area contributed by atoms with Crippen molar-refractivity contribution in [2.45, 2.75) is 89.0 Å². The van der Waals surface area contributed by atoms with Gasteiger partial charge in [-0.2, -0.15) is 0 Å². The minimum Gasteiger partial charge on any atom is -0.478 e. The third kappa shape index (κ3) is 5.00. The molecule has 51 heavy (non-hydrogen) atoms. The number of carbonyl (C=O) groups is 4. The summed E-state index contributed by atoms with van der Waals surface area (Å²) in [5.74, 6) is -3.81. The van der Waals surface area contributed by atoms with Crippen molar-refractivity contribution in [2.75, 3.05) is 4.90 Å². The van der Waals surface area contributed by atoms with Crippen molar-refractivity contribution in [1.29, 1.82) is 0 Å². The summed E-state index contributed by atoms with van der Waals surface area (Å²) in [6.07, 6.45) is 11.8. The maximum atomic E-state index is 13.4. The number of hydrogen-bond donors (Lipinski definition) is 2. The maximum Gasteiger partial charge on any atom is 0.336 e. The lowest BCUT2D eigenvalue weighted by Crippen LogP contribution is -2.27. The number of rotatable bonds is 10. The Morgan fingerprint density at radius 1 is 0.765 bits per heavy atom. The molecule has 2 unspecified atom stereocenters. The Balaban J connectivity index is 1.17. The first-order chi connectivity index (χ1) is 24.7. The van der Waals surface area contributed by atoms with Crippen LogP contribution in [0.5, 0.6) is 0 Å². The van der Waals surface area contributed by atoms with Crippen LogP contribution >= 0.6 is 0 Å². The average Bonchev–Trinajstić information content (AvgIpc) is 3.86. The topological polar surface area (TPSA) is 112 Å². The molecule has 0 radical (unpaired) electrons. The standard InChI is InChI=1S/C44H41NO6/c1-3-5-18-44(19-6-4-2)36-12-8-7-10-27(36)29-22-26(15-16-37(29)44)45-38-13-9-11-28(38)30-20-25(14-17-39(30)45)21-35-40(46)31-23-33(42(48)49)34(43(50)51)24-32(31)41(35)47/h7-8,10,12,14-17,20-24,28,38H,3-6,9,11,13,18-19H2,1-2H3,(H,48,49)(H,50,51). The first-order valence-electron chi connectivity index (χ1n) is 18.3. The monoisotopic (exact) mass is 679 g/mol. The summed E-state index contributed by atoms with van der Waals surface area (Å²) < 4.78 is 0. The fraction of sp³-hybridized carbons (Fsp3) is 0.318. The van der Waals surface area contributed by atoms with Gasteiger partial charge in [0, 0.05) is 39.9 Å². The zero-order valence-electron chi connectivity index (χ0n) is 29.0. The van der Waals surface area contributed by atoms with Crippen LogP contribution in [0.3, 0.4) is 0 Å². The quantitative estimate of drug-likeness (QED) is 0.127. The van der Waals surface area contributed by atoms with E-state index in [0.717, 1.165) is 49.9 Å². The van der Waals surface area contributed by atoms with Gasteiger partial charge in [0.15, 0.2) is 11.6 Å². The highest BCUT2D eigenvalue weighted by Gasteiger charge is 2.45. The van der Waals surface area contributed by atoms with E-state index in [1.54, 1.807) is 6.08 Å². The summed E-state index contributed by atoms with van der Waals surface area (Å²) >= 11 is 0. The zero-order valence-corrected chi connectivity index (χ0v) is 29.0. The molecule has 0 spiro atoms. The minimum absolute atomic E-state index is 0.0385. The molecular weight excluding hydrogens is 638 g/mol. The molecule has 0 saturated heterocycles. The molecular formula is C44H41NO6. The Morgan fingerprint density at radius 2 is 1.41 bits per heavy atom. The molecule has 4 aliphatic rings. The first kappa shape index (κ1) is 32.9. The maximum absolute atomic E-state index is 13.4. The van der Waals surface area contributed by atoms with Gasteiger partial charge >= 0.3 is 11.9 Å². The van der Waals surface area contributed by atoms with Crippen LogP contribution in [-0.4, -0.2) is 39.8 Å². The summed E-state index contributed by atoms with van der Waals surface area (Å²) in [5.41, 5.74) is 8.61. The average molecular weight is 680 g/mol. The normalized spacial score (nSPS) is 19.1.